The number of hydrogen-bond acceptors (Lipinski definition) is 9. The molecule has 162 valence electrons. The Balaban J connectivity index is 1.36. The molecule has 0 bridgehead atoms. The number of aromatic nitrogens is 5. The highest BCUT2D eigenvalue weighted by Crippen LogP contribution is 2.16. The normalized spacial score (nSPS) is 11.1. The SMILES string of the molecule is Cc1ccc(COc2ccc(/C=N/NC(=O)c3c(C)nnn3-c3nonc3N)cc2)cc1. The van der Waals surface area contributed by atoms with Crippen LogP contribution in [0.25, 0.3) is 5.82 Å². The summed E-state index contributed by atoms with van der Waals surface area (Å²) >= 11 is 0. The van der Waals surface area contributed by atoms with E-state index in [-0.39, 0.29) is 17.3 Å². The summed E-state index contributed by atoms with van der Waals surface area (Å²) in [7, 11) is 0. The predicted molar refractivity (Wildman–Crippen MR) is 115 cm³/mol. The Bertz CT molecular complexity index is 1240. The number of carbonyl (C=O) groups is 1. The van der Waals surface area contributed by atoms with Gasteiger partial charge in [-0.15, -0.1) is 5.10 Å². The summed E-state index contributed by atoms with van der Waals surface area (Å²) < 4.78 is 11.5. The summed E-state index contributed by atoms with van der Waals surface area (Å²) in [4.78, 5) is 12.6. The van der Waals surface area contributed by atoms with Crippen molar-refractivity contribution >= 4 is 17.9 Å². The zero-order valence-electron chi connectivity index (χ0n) is 17.4. The number of hydrazone groups is 1. The first kappa shape index (κ1) is 20.7. The molecule has 1 amide bonds. The molecule has 32 heavy (non-hydrogen) atoms. The van der Waals surface area contributed by atoms with Crippen molar-refractivity contribution in [2.75, 3.05) is 5.73 Å². The molecule has 0 saturated heterocycles. The Kier molecular flexibility index (Phi) is 5.88. The first-order chi connectivity index (χ1) is 15.5. The van der Waals surface area contributed by atoms with Crippen molar-refractivity contribution in [1.29, 1.82) is 0 Å². The van der Waals surface area contributed by atoms with Crippen molar-refractivity contribution in [2.24, 2.45) is 5.10 Å². The van der Waals surface area contributed by atoms with Gasteiger partial charge in [-0.25, -0.2) is 10.1 Å². The second-order valence-electron chi connectivity index (χ2n) is 6.95. The van der Waals surface area contributed by atoms with Crippen molar-refractivity contribution < 1.29 is 14.2 Å². The molecule has 0 fully saturated rings. The third-order valence-corrected chi connectivity index (χ3v) is 4.54. The van der Waals surface area contributed by atoms with Gasteiger partial charge in [0.25, 0.3) is 5.91 Å². The molecule has 0 aliphatic heterocycles. The van der Waals surface area contributed by atoms with Crippen LogP contribution in [0, 0.1) is 13.8 Å². The molecule has 0 radical (unpaired) electrons. The minimum Gasteiger partial charge on any atom is -0.489 e. The standard InChI is InChI=1S/C21H20N8O3/c1-13-3-5-16(6-4-13)12-31-17-9-7-15(8-10-17)11-23-25-21(30)18-14(2)24-28-29(18)20-19(22)26-32-27-20/h3-11H,12H2,1-2H3,(H2,22,26)(H,25,30)/b23-11+. The fourth-order valence-electron chi connectivity index (χ4n) is 2.82. The molecule has 3 N–H and O–H groups in total. The van der Waals surface area contributed by atoms with Crippen molar-refractivity contribution in [2.45, 2.75) is 20.5 Å². The van der Waals surface area contributed by atoms with E-state index in [1.165, 1.54) is 11.8 Å². The summed E-state index contributed by atoms with van der Waals surface area (Å²) in [6.45, 7) is 4.15. The van der Waals surface area contributed by atoms with Crippen LogP contribution in [-0.4, -0.2) is 37.4 Å². The molecular weight excluding hydrogens is 412 g/mol. The van der Waals surface area contributed by atoms with E-state index in [1.807, 2.05) is 43.3 Å². The minimum atomic E-state index is -0.538. The number of hydrogen-bond donors (Lipinski definition) is 2. The van der Waals surface area contributed by atoms with E-state index in [0.29, 0.717) is 12.3 Å². The molecule has 4 aromatic rings. The van der Waals surface area contributed by atoms with Gasteiger partial charge in [-0.1, -0.05) is 35.0 Å². The van der Waals surface area contributed by atoms with E-state index in [2.05, 4.69) is 47.9 Å². The summed E-state index contributed by atoms with van der Waals surface area (Å²) in [5, 5.41) is 18.8. The van der Waals surface area contributed by atoms with Crippen LogP contribution in [0.3, 0.4) is 0 Å². The van der Waals surface area contributed by atoms with Gasteiger partial charge in [0.2, 0.25) is 11.6 Å². The largest absolute Gasteiger partial charge is 0.489 e. The number of anilines is 1. The van der Waals surface area contributed by atoms with Gasteiger partial charge in [-0.05, 0) is 59.6 Å². The maximum atomic E-state index is 12.6. The highest BCUT2D eigenvalue weighted by Gasteiger charge is 2.22. The highest BCUT2D eigenvalue weighted by molar-refractivity contribution is 5.94. The summed E-state index contributed by atoms with van der Waals surface area (Å²) in [6, 6.07) is 15.5. The average molecular weight is 432 g/mol. The van der Waals surface area contributed by atoms with E-state index in [4.69, 9.17) is 10.5 Å². The summed E-state index contributed by atoms with van der Waals surface area (Å²) in [5.41, 5.74) is 11.7. The van der Waals surface area contributed by atoms with Crippen molar-refractivity contribution in [3.63, 3.8) is 0 Å². The highest BCUT2D eigenvalue weighted by atomic mass is 16.6. The van der Waals surface area contributed by atoms with Crippen LogP contribution in [0.5, 0.6) is 5.75 Å². The summed E-state index contributed by atoms with van der Waals surface area (Å²) in [6.07, 6.45) is 1.51. The number of ether oxygens (including phenoxy) is 1. The van der Waals surface area contributed by atoms with Crippen LogP contribution in [0.2, 0.25) is 0 Å². The zero-order valence-corrected chi connectivity index (χ0v) is 17.4. The molecule has 2 aromatic carbocycles. The Morgan fingerprint density at radius 3 is 2.59 bits per heavy atom. The minimum absolute atomic E-state index is 0.0165. The van der Waals surface area contributed by atoms with Crippen molar-refractivity contribution in [3.05, 3.63) is 76.6 Å². The molecule has 4 rings (SSSR count). The Morgan fingerprint density at radius 1 is 1.16 bits per heavy atom. The van der Waals surface area contributed by atoms with Gasteiger partial charge in [-0.2, -0.15) is 9.78 Å². The Hall–Kier alpha value is -4.54. The lowest BCUT2D eigenvalue weighted by Gasteiger charge is -2.07. The smallest absolute Gasteiger partial charge is 0.292 e. The lowest BCUT2D eigenvalue weighted by atomic mass is 10.2. The molecule has 0 atom stereocenters. The van der Waals surface area contributed by atoms with Gasteiger partial charge in [0.15, 0.2) is 5.69 Å². The number of nitrogen functional groups attached to an aromatic ring is 1. The van der Waals surface area contributed by atoms with Gasteiger partial charge in [0.05, 0.1) is 11.9 Å². The molecular formula is C21H20N8O3. The number of nitrogens with one attached hydrogen (secondary N) is 1. The molecule has 0 unspecified atom stereocenters. The lowest BCUT2D eigenvalue weighted by Crippen LogP contribution is -2.22. The van der Waals surface area contributed by atoms with E-state index in [0.717, 1.165) is 21.6 Å². The second-order valence-corrected chi connectivity index (χ2v) is 6.95. The molecule has 0 spiro atoms. The molecule has 11 heteroatoms. The van der Waals surface area contributed by atoms with Gasteiger partial charge in [0, 0.05) is 0 Å². The van der Waals surface area contributed by atoms with Crippen LogP contribution in [-0.2, 0) is 6.61 Å². The van der Waals surface area contributed by atoms with Crippen LogP contribution in [0.15, 0.2) is 58.3 Å². The zero-order chi connectivity index (χ0) is 22.5. The maximum Gasteiger partial charge on any atom is 0.292 e. The molecule has 2 aromatic heterocycles. The number of amides is 1. The number of carbonyl (C=O) groups excluding carboxylic acids is 1. The van der Waals surface area contributed by atoms with E-state index < -0.39 is 5.91 Å². The number of rotatable bonds is 7. The Morgan fingerprint density at radius 2 is 1.91 bits per heavy atom. The number of nitrogens with two attached hydrogens (primary N) is 1. The van der Waals surface area contributed by atoms with E-state index in [1.54, 1.807) is 6.92 Å². The quantitative estimate of drug-likeness (QED) is 0.334. The molecule has 0 saturated carbocycles. The van der Waals surface area contributed by atoms with E-state index in [9.17, 15) is 4.79 Å². The third-order valence-electron chi connectivity index (χ3n) is 4.54. The fourth-order valence-corrected chi connectivity index (χ4v) is 2.82. The lowest BCUT2D eigenvalue weighted by molar-refractivity contribution is 0.0946. The number of aryl methyl sites for hydroxylation is 2. The molecule has 0 aliphatic rings. The van der Waals surface area contributed by atoms with Gasteiger partial charge >= 0.3 is 0 Å². The fraction of sp³-hybridized carbons (Fsp3) is 0.143. The summed E-state index contributed by atoms with van der Waals surface area (Å²) in [5.74, 6) is 0.249. The topological polar surface area (TPSA) is 146 Å². The van der Waals surface area contributed by atoms with Crippen molar-refractivity contribution in [1.82, 2.24) is 30.7 Å². The maximum absolute atomic E-state index is 12.6. The van der Waals surface area contributed by atoms with Crippen LogP contribution >= 0.6 is 0 Å². The molecule has 0 aliphatic carbocycles. The molecule has 11 nitrogen and oxygen atoms in total. The average Bonchev–Trinajstić information content (AvgIpc) is 3.39. The third kappa shape index (κ3) is 4.61. The van der Waals surface area contributed by atoms with Crippen LogP contribution in [0.1, 0.15) is 32.9 Å². The first-order valence-corrected chi connectivity index (χ1v) is 9.64. The number of benzene rings is 2. The van der Waals surface area contributed by atoms with E-state index >= 15 is 0 Å². The predicted octanol–water partition coefficient (Wildman–Crippen LogP) is 2.19. The van der Waals surface area contributed by atoms with Gasteiger partial charge in [0.1, 0.15) is 12.4 Å². The van der Waals surface area contributed by atoms with Crippen LogP contribution < -0.4 is 15.9 Å². The second kappa shape index (κ2) is 9.08. The van der Waals surface area contributed by atoms with Gasteiger partial charge < -0.3 is 10.5 Å². The monoisotopic (exact) mass is 432 g/mol. The van der Waals surface area contributed by atoms with Gasteiger partial charge in [-0.3, -0.25) is 4.79 Å². The first-order valence-electron chi connectivity index (χ1n) is 9.64. The van der Waals surface area contributed by atoms with Crippen molar-refractivity contribution in [3.8, 4) is 11.6 Å². The number of nitrogens with zero attached hydrogens (tertiary/aromatic N) is 6. The molecule has 2 heterocycles. The Labute approximate surface area is 182 Å². The van der Waals surface area contributed by atoms with Crippen LogP contribution in [0.4, 0.5) is 5.82 Å².